The molecule has 4 heteroatoms. The molecule has 0 radical (unpaired) electrons. The third-order valence-corrected chi connectivity index (χ3v) is 5.19. The molecule has 1 N–H and O–H groups in total. The van der Waals surface area contributed by atoms with Crippen LogP contribution in [0.3, 0.4) is 0 Å². The first-order valence-electron chi connectivity index (χ1n) is 7.09. The van der Waals surface area contributed by atoms with Gasteiger partial charge < -0.3 is 5.32 Å². The second-order valence-electron chi connectivity index (χ2n) is 4.94. The van der Waals surface area contributed by atoms with Crippen molar-refractivity contribution >= 4 is 38.2 Å². The zero-order chi connectivity index (χ0) is 14.7. The molecule has 1 aromatic carbocycles. The zero-order valence-electron chi connectivity index (χ0n) is 11.8. The number of thiophene rings is 1. The van der Waals surface area contributed by atoms with Gasteiger partial charge in [0.1, 0.15) is 0 Å². The van der Waals surface area contributed by atoms with Crippen LogP contribution >= 0.6 is 27.3 Å². The number of nitrogens with zero attached hydrogens (tertiary/aromatic N) is 1. The van der Waals surface area contributed by atoms with Crippen LogP contribution in [-0.4, -0.2) is 11.5 Å². The number of aromatic nitrogens is 1. The largest absolute Gasteiger partial charge is 0.310 e. The third kappa shape index (κ3) is 3.34. The number of hydrogen-bond acceptors (Lipinski definition) is 3. The predicted molar refractivity (Wildman–Crippen MR) is 93.9 cm³/mol. The molecule has 21 heavy (non-hydrogen) atoms. The summed E-state index contributed by atoms with van der Waals surface area (Å²) in [4.78, 5) is 5.85. The number of halogens is 1. The van der Waals surface area contributed by atoms with E-state index in [0.717, 1.165) is 18.5 Å². The van der Waals surface area contributed by atoms with Gasteiger partial charge in [-0.1, -0.05) is 25.1 Å². The predicted octanol–water partition coefficient (Wildman–Crippen LogP) is 4.95. The van der Waals surface area contributed by atoms with Gasteiger partial charge in [-0.05, 0) is 52.3 Å². The second-order valence-corrected chi connectivity index (χ2v) is 7.49. The van der Waals surface area contributed by atoms with Gasteiger partial charge in [-0.25, -0.2) is 0 Å². The van der Waals surface area contributed by atoms with Gasteiger partial charge in [-0.3, -0.25) is 4.98 Å². The minimum atomic E-state index is 0.313. The van der Waals surface area contributed by atoms with E-state index in [2.05, 4.69) is 69.6 Å². The van der Waals surface area contributed by atoms with E-state index in [-0.39, 0.29) is 0 Å². The first-order valence-corrected chi connectivity index (χ1v) is 8.70. The van der Waals surface area contributed by atoms with Gasteiger partial charge in [-0.2, -0.15) is 0 Å². The topological polar surface area (TPSA) is 24.9 Å². The molecular weight excluding hydrogens is 344 g/mol. The molecule has 1 unspecified atom stereocenters. The van der Waals surface area contributed by atoms with E-state index in [1.807, 2.05) is 12.3 Å². The van der Waals surface area contributed by atoms with Crippen molar-refractivity contribution in [3.8, 4) is 0 Å². The van der Waals surface area contributed by atoms with Gasteiger partial charge in [0.05, 0.1) is 9.30 Å². The Balaban J connectivity index is 1.98. The van der Waals surface area contributed by atoms with Crippen molar-refractivity contribution in [3.63, 3.8) is 0 Å². The first kappa shape index (κ1) is 14.7. The molecule has 0 fully saturated rings. The Hall–Kier alpha value is -1.23. The molecule has 0 saturated heterocycles. The van der Waals surface area contributed by atoms with Crippen LogP contribution < -0.4 is 5.32 Å². The summed E-state index contributed by atoms with van der Waals surface area (Å²) in [5.74, 6) is 0. The highest BCUT2D eigenvalue weighted by molar-refractivity contribution is 9.11. The van der Waals surface area contributed by atoms with Crippen LogP contribution in [0.1, 0.15) is 23.4 Å². The summed E-state index contributed by atoms with van der Waals surface area (Å²) in [6.07, 6.45) is 2.85. The maximum atomic E-state index is 4.46. The lowest BCUT2D eigenvalue weighted by Gasteiger charge is -2.19. The van der Waals surface area contributed by atoms with Crippen LogP contribution in [0.2, 0.25) is 0 Å². The van der Waals surface area contributed by atoms with Crippen LogP contribution in [0.4, 0.5) is 0 Å². The summed E-state index contributed by atoms with van der Waals surface area (Å²) in [5, 5.41) is 4.85. The van der Waals surface area contributed by atoms with Gasteiger partial charge in [0.25, 0.3) is 0 Å². The fourth-order valence-corrected chi connectivity index (χ4v) is 4.16. The fourth-order valence-electron chi connectivity index (χ4n) is 2.63. The zero-order valence-corrected chi connectivity index (χ0v) is 14.2. The Bertz CT molecular complexity index is 733. The molecule has 2 aromatic heterocycles. The fraction of sp³-hybridized carbons (Fsp3) is 0.235. The highest BCUT2D eigenvalue weighted by atomic mass is 79.9. The van der Waals surface area contributed by atoms with Crippen molar-refractivity contribution in [2.24, 2.45) is 0 Å². The highest BCUT2D eigenvalue weighted by Gasteiger charge is 2.15. The van der Waals surface area contributed by atoms with Crippen LogP contribution in [-0.2, 0) is 6.42 Å². The van der Waals surface area contributed by atoms with Crippen LogP contribution in [0.5, 0.6) is 0 Å². The smallest absolute Gasteiger partial charge is 0.0705 e. The number of likely N-dealkylation sites (N-methyl/N-ethyl adjacent to an activating group) is 1. The molecule has 108 valence electrons. The summed E-state index contributed by atoms with van der Waals surface area (Å²) in [5.41, 5.74) is 2.39. The van der Waals surface area contributed by atoms with E-state index < -0.39 is 0 Å². The maximum Gasteiger partial charge on any atom is 0.0705 e. The summed E-state index contributed by atoms with van der Waals surface area (Å²) < 4.78 is 1.19. The lowest BCUT2D eigenvalue weighted by molar-refractivity contribution is 0.557. The van der Waals surface area contributed by atoms with E-state index in [1.54, 1.807) is 11.3 Å². The molecule has 2 nitrogen and oxygen atoms in total. The molecule has 2 heterocycles. The maximum absolute atomic E-state index is 4.46. The van der Waals surface area contributed by atoms with E-state index in [4.69, 9.17) is 0 Å². The molecule has 0 amide bonds. The standard InChI is InChI=1S/C17H17BrN2S/c1-2-19-16(11-12-8-9-17(18)21-12)14-5-3-7-15-13(14)6-4-10-20-15/h3-10,16,19H,2,11H2,1H3. The molecule has 3 rings (SSSR count). The van der Waals surface area contributed by atoms with Crippen molar-refractivity contribution in [1.82, 2.24) is 10.3 Å². The summed E-state index contributed by atoms with van der Waals surface area (Å²) >= 11 is 5.35. The van der Waals surface area contributed by atoms with Gasteiger partial charge in [0, 0.05) is 28.9 Å². The Kier molecular flexibility index (Phi) is 4.68. The number of pyridine rings is 1. The molecule has 0 saturated carbocycles. The van der Waals surface area contributed by atoms with Crippen molar-refractivity contribution < 1.29 is 0 Å². The minimum Gasteiger partial charge on any atom is -0.310 e. The average Bonchev–Trinajstić information content (AvgIpc) is 2.91. The number of rotatable bonds is 5. The lowest BCUT2D eigenvalue weighted by atomic mass is 9.98. The van der Waals surface area contributed by atoms with Crippen molar-refractivity contribution in [1.29, 1.82) is 0 Å². The van der Waals surface area contributed by atoms with Gasteiger partial charge in [0.15, 0.2) is 0 Å². The molecule has 0 aliphatic carbocycles. The monoisotopic (exact) mass is 360 g/mol. The summed E-state index contributed by atoms with van der Waals surface area (Å²) in [6.45, 7) is 3.11. The third-order valence-electron chi connectivity index (χ3n) is 3.54. The van der Waals surface area contributed by atoms with Gasteiger partial charge in [0.2, 0.25) is 0 Å². The average molecular weight is 361 g/mol. The van der Waals surface area contributed by atoms with E-state index in [0.29, 0.717) is 6.04 Å². The van der Waals surface area contributed by atoms with Crippen LogP contribution in [0.15, 0.2) is 52.4 Å². The van der Waals surface area contributed by atoms with Gasteiger partial charge >= 0.3 is 0 Å². The van der Waals surface area contributed by atoms with E-state index >= 15 is 0 Å². The number of nitrogens with one attached hydrogen (secondary N) is 1. The molecule has 0 aliphatic heterocycles. The SMILES string of the molecule is CCNC(Cc1ccc(Br)s1)c1cccc2ncccc12. The molecular formula is C17H17BrN2S. The van der Waals surface area contributed by atoms with Gasteiger partial charge in [-0.15, -0.1) is 11.3 Å². The number of hydrogen-bond donors (Lipinski definition) is 1. The van der Waals surface area contributed by atoms with Crippen molar-refractivity contribution in [2.45, 2.75) is 19.4 Å². The van der Waals surface area contributed by atoms with E-state index in [1.165, 1.54) is 19.6 Å². The Morgan fingerprint density at radius 3 is 2.86 bits per heavy atom. The molecule has 1 atom stereocenters. The van der Waals surface area contributed by atoms with Crippen molar-refractivity contribution in [2.75, 3.05) is 6.54 Å². The molecule has 3 aromatic rings. The Morgan fingerprint density at radius 2 is 2.10 bits per heavy atom. The lowest BCUT2D eigenvalue weighted by Crippen LogP contribution is -2.22. The Labute approximate surface area is 137 Å². The van der Waals surface area contributed by atoms with Crippen molar-refractivity contribution in [3.05, 3.63) is 62.9 Å². The van der Waals surface area contributed by atoms with Crippen LogP contribution in [0, 0.1) is 0 Å². The normalized spacial score (nSPS) is 12.7. The van der Waals surface area contributed by atoms with E-state index in [9.17, 15) is 0 Å². The minimum absolute atomic E-state index is 0.313. The number of fused-ring (bicyclic) bond motifs is 1. The number of benzene rings is 1. The Morgan fingerprint density at radius 1 is 1.19 bits per heavy atom. The van der Waals surface area contributed by atoms with Crippen LogP contribution in [0.25, 0.3) is 10.9 Å². The molecule has 0 spiro atoms. The second kappa shape index (κ2) is 6.69. The molecule has 0 bridgehead atoms. The quantitative estimate of drug-likeness (QED) is 0.695. The first-order chi connectivity index (χ1) is 10.3. The summed E-state index contributed by atoms with van der Waals surface area (Å²) in [6, 6.07) is 15.2. The highest BCUT2D eigenvalue weighted by Crippen LogP contribution is 2.29. The molecule has 0 aliphatic rings. The summed E-state index contributed by atoms with van der Waals surface area (Å²) in [7, 11) is 0.